The number of amides is 1. The van der Waals surface area contributed by atoms with Crippen molar-refractivity contribution in [2.75, 3.05) is 5.32 Å². The molecule has 19 heavy (non-hydrogen) atoms. The Labute approximate surface area is 106 Å². The molecule has 0 radical (unpaired) electrons. The summed E-state index contributed by atoms with van der Waals surface area (Å²) in [5.41, 5.74) is 4.55. The van der Waals surface area contributed by atoms with Crippen molar-refractivity contribution in [3.63, 3.8) is 0 Å². The Kier molecular flexibility index (Phi) is 3.75. The summed E-state index contributed by atoms with van der Waals surface area (Å²) in [5, 5.41) is 1.82. The van der Waals surface area contributed by atoms with Crippen molar-refractivity contribution in [1.82, 2.24) is 0 Å². The highest BCUT2D eigenvalue weighted by Crippen LogP contribution is 2.33. The molecule has 1 aliphatic carbocycles. The van der Waals surface area contributed by atoms with E-state index >= 15 is 0 Å². The van der Waals surface area contributed by atoms with E-state index in [-0.39, 0.29) is 18.4 Å². The van der Waals surface area contributed by atoms with Crippen molar-refractivity contribution in [2.24, 2.45) is 11.7 Å². The van der Waals surface area contributed by atoms with E-state index < -0.39 is 40.9 Å². The van der Waals surface area contributed by atoms with E-state index in [2.05, 4.69) is 0 Å². The number of hydrogen-bond donors (Lipinski definition) is 2. The van der Waals surface area contributed by atoms with Gasteiger partial charge in [0.1, 0.15) is 5.69 Å². The molecule has 1 fully saturated rings. The lowest BCUT2D eigenvalue weighted by atomic mass is 10.1. The molecule has 1 aromatic rings. The van der Waals surface area contributed by atoms with Crippen LogP contribution in [-0.4, -0.2) is 11.9 Å². The molecular formula is C12H12F4N2O. The number of anilines is 1. The quantitative estimate of drug-likeness (QED) is 0.655. The van der Waals surface area contributed by atoms with Crippen molar-refractivity contribution >= 4 is 11.6 Å². The van der Waals surface area contributed by atoms with Crippen molar-refractivity contribution < 1.29 is 22.4 Å². The van der Waals surface area contributed by atoms with Gasteiger partial charge in [-0.3, -0.25) is 4.79 Å². The summed E-state index contributed by atoms with van der Waals surface area (Å²) < 4.78 is 52.4. The first-order valence-corrected chi connectivity index (χ1v) is 5.78. The molecular weight excluding hydrogens is 264 g/mol. The summed E-state index contributed by atoms with van der Waals surface area (Å²) in [4.78, 5) is 11.5. The van der Waals surface area contributed by atoms with Crippen molar-refractivity contribution in [1.29, 1.82) is 0 Å². The maximum atomic E-state index is 13.3. The number of benzene rings is 1. The molecule has 1 saturated carbocycles. The third-order valence-electron chi connectivity index (χ3n) is 3.02. The van der Waals surface area contributed by atoms with Crippen LogP contribution in [0.5, 0.6) is 0 Å². The first-order chi connectivity index (χ1) is 8.90. The first-order valence-electron chi connectivity index (χ1n) is 5.78. The highest BCUT2D eigenvalue weighted by Gasteiger charge is 2.30. The van der Waals surface area contributed by atoms with E-state index in [1.807, 2.05) is 5.32 Å². The fourth-order valence-corrected chi connectivity index (χ4v) is 1.78. The molecule has 3 nitrogen and oxygen atoms in total. The molecule has 0 heterocycles. The molecule has 0 aromatic heterocycles. The van der Waals surface area contributed by atoms with Crippen molar-refractivity contribution in [3.8, 4) is 0 Å². The molecule has 7 heteroatoms. The van der Waals surface area contributed by atoms with Crippen molar-refractivity contribution in [3.05, 3.63) is 29.3 Å². The van der Waals surface area contributed by atoms with E-state index in [1.54, 1.807) is 0 Å². The van der Waals surface area contributed by atoms with Gasteiger partial charge in [-0.2, -0.15) is 0 Å². The second-order valence-electron chi connectivity index (χ2n) is 4.60. The van der Waals surface area contributed by atoms with E-state index in [9.17, 15) is 22.4 Å². The molecule has 0 saturated heterocycles. The third-order valence-corrected chi connectivity index (χ3v) is 3.02. The van der Waals surface area contributed by atoms with Gasteiger partial charge in [0.2, 0.25) is 5.91 Å². The second-order valence-corrected chi connectivity index (χ2v) is 4.60. The van der Waals surface area contributed by atoms with Crippen LogP contribution in [0, 0.1) is 29.2 Å². The fourth-order valence-electron chi connectivity index (χ4n) is 1.78. The predicted molar refractivity (Wildman–Crippen MR) is 60.2 cm³/mol. The standard InChI is InChI=1S/C12H12F4N2O/c13-6-3-7(14)11(16)12(10(6)15)18-9(19)4-8(17)5-1-2-5/h3,5,8H,1-2,4,17H2,(H,18,19). The minimum atomic E-state index is -1.63. The lowest BCUT2D eigenvalue weighted by Gasteiger charge is -2.12. The lowest BCUT2D eigenvalue weighted by Crippen LogP contribution is -2.29. The number of hydrogen-bond acceptors (Lipinski definition) is 2. The summed E-state index contributed by atoms with van der Waals surface area (Å²) in [5.74, 6) is -6.95. The molecule has 104 valence electrons. The minimum absolute atomic E-state index is 0.0796. The molecule has 3 N–H and O–H groups in total. The van der Waals surface area contributed by atoms with Crippen LogP contribution in [-0.2, 0) is 4.79 Å². The molecule has 0 aliphatic heterocycles. The SMILES string of the molecule is NC(CC(=O)Nc1c(F)c(F)cc(F)c1F)C1CC1. The largest absolute Gasteiger partial charge is 0.327 e. The average molecular weight is 276 g/mol. The Hall–Kier alpha value is -1.63. The van der Waals surface area contributed by atoms with Gasteiger partial charge in [-0.1, -0.05) is 0 Å². The number of nitrogens with one attached hydrogen (secondary N) is 1. The molecule has 0 spiro atoms. The highest BCUT2D eigenvalue weighted by molar-refractivity contribution is 5.91. The lowest BCUT2D eigenvalue weighted by molar-refractivity contribution is -0.116. The Bertz CT molecular complexity index is 491. The average Bonchev–Trinajstić information content (AvgIpc) is 3.16. The number of carbonyl (C=O) groups excluding carboxylic acids is 1. The monoisotopic (exact) mass is 276 g/mol. The van der Waals surface area contributed by atoms with Gasteiger partial charge in [-0.15, -0.1) is 0 Å². The molecule has 2 rings (SSSR count). The summed E-state index contributed by atoms with van der Waals surface area (Å²) in [6.45, 7) is 0. The topological polar surface area (TPSA) is 55.1 Å². The van der Waals surface area contributed by atoms with Gasteiger partial charge in [0.05, 0.1) is 0 Å². The van der Waals surface area contributed by atoms with Gasteiger partial charge >= 0.3 is 0 Å². The molecule has 1 amide bonds. The number of nitrogens with two attached hydrogens (primary N) is 1. The zero-order valence-corrected chi connectivity index (χ0v) is 9.85. The van der Waals surface area contributed by atoms with E-state index in [0.29, 0.717) is 0 Å². The normalized spacial score (nSPS) is 16.3. The van der Waals surface area contributed by atoms with Gasteiger partial charge in [-0.25, -0.2) is 17.6 Å². The zero-order valence-electron chi connectivity index (χ0n) is 9.85. The highest BCUT2D eigenvalue weighted by atomic mass is 19.2. The van der Waals surface area contributed by atoms with Crippen LogP contribution in [0.3, 0.4) is 0 Å². The van der Waals surface area contributed by atoms with Gasteiger partial charge in [0, 0.05) is 18.5 Å². The maximum absolute atomic E-state index is 13.3. The van der Waals surface area contributed by atoms with Crippen LogP contribution in [0.15, 0.2) is 6.07 Å². The van der Waals surface area contributed by atoms with Crippen LogP contribution in [0.2, 0.25) is 0 Å². The third kappa shape index (κ3) is 3.04. The Morgan fingerprint density at radius 1 is 1.26 bits per heavy atom. The maximum Gasteiger partial charge on any atom is 0.226 e. The second kappa shape index (κ2) is 5.16. The van der Waals surface area contributed by atoms with Crippen LogP contribution in [0.4, 0.5) is 23.2 Å². The first kappa shape index (κ1) is 13.8. The number of rotatable bonds is 4. The minimum Gasteiger partial charge on any atom is -0.327 e. The van der Waals surface area contributed by atoms with Gasteiger partial charge in [0.15, 0.2) is 23.3 Å². The zero-order chi connectivity index (χ0) is 14.2. The summed E-state index contributed by atoms with van der Waals surface area (Å²) in [6.07, 6.45) is 1.67. The van der Waals surface area contributed by atoms with E-state index in [0.717, 1.165) is 12.8 Å². The molecule has 1 aromatic carbocycles. The number of halogens is 4. The predicted octanol–water partition coefficient (Wildman–Crippen LogP) is 2.31. The summed E-state index contributed by atoms with van der Waals surface area (Å²) in [6, 6.07) is -0.333. The van der Waals surface area contributed by atoms with Crippen LogP contribution < -0.4 is 11.1 Å². The molecule has 1 aliphatic rings. The van der Waals surface area contributed by atoms with Crippen molar-refractivity contribution in [2.45, 2.75) is 25.3 Å². The molecule has 0 bridgehead atoms. The smallest absolute Gasteiger partial charge is 0.226 e. The van der Waals surface area contributed by atoms with Gasteiger partial charge in [-0.05, 0) is 18.8 Å². The molecule has 1 atom stereocenters. The Morgan fingerprint density at radius 3 is 2.26 bits per heavy atom. The Morgan fingerprint density at radius 2 is 1.79 bits per heavy atom. The number of carbonyl (C=O) groups is 1. The van der Waals surface area contributed by atoms with Crippen LogP contribution in [0.1, 0.15) is 19.3 Å². The van der Waals surface area contributed by atoms with Gasteiger partial charge < -0.3 is 11.1 Å². The van der Waals surface area contributed by atoms with Crippen LogP contribution >= 0.6 is 0 Å². The van der Waals surface area contributed by atoms with Gasteiger partial charge in [0.25, 0.3) is 0 Å². The van der Waals surface area contributed by atoms with E-state index in [1.165, 1.54) is 0 Å². The fraction of sp³-hybridized carbons (Fsp3) is 0.417. The summed E-state index contributed by atoms with van der Waals surface area (Å²) in [7, 11) is 0. The van der Waals surface area contributed by atoms with Crippen LogP contribution in [0.25, 0.3) is 0 Å². The van der Waals surface area contributed by atoms with E-state index in [4.69, 9.17) is 5.73 Å². The molecule has 1 unspecified atom stereocenters. The summed E-state index contributed by atoms with van der Waals surface area (Å²) >= 11 is 0. The Balaban J connectivity index is 2.11.